The average molecular weight is 494 g/mol. The quantitative estimate of drug-likeness (QED) is 0.364. The molecule has 5 nitrogen and oxygen atoms in total. The first kappa shape index (κ1) is 28.2. The van der Waals surface area contributed by atoms with E-state index in [9.17, 15) is 4.79 Å². The zero-order valence-corrected chi connectivity index (χ0v) is 23.5. The van der Waals surface area contributed by atoms with Crippen LogP contribution >= 0.6 is 0 Å². The predicted octanol–water partition coefficient (Wildman–Crippen LogP) is 8.06. The Bertz CT molecular complexity index is 953. The van der Waals surface area contributed by atoms with Crippen LogP contribution in [0.15, 0.2) is 60.7 Å². The van der Waals surface area contributed by atoms with Crippen molar-refractivity contribution in [2.45, 2.75) is 104 Å². The second-order valence-electron chi connectivity index (χ2n) is 10.9. The highest BCUT2D eigenvalue weighted by Gasteiger charge is 2.56. The third kappa shape index (κ3) is 5.95. The average Bonchev–Trinajstić information content (AvgIpc) is 2.90. The van der Waals surface area contributed by atoms with Gasteiger partial charge in [0, 0.05) is 29.4 Å². The van der Waals surface area contributed by atoms with Gasteiger partial charge in [-0.1, -0.05) is 82.6 Å². The fourth-order valence-electron chi connectivity index (χ4n) is 5.71. The van der Waals surface area contributed by atoms with Crippen molar-refractivity contribution in [1.82, 2.24) is 9.96 Å². The number of amides is 2. The lowest BCUT2D eigenvalue weighted by Crippen LogP contribution is -2.70. The molecule has 198 valence electrons. The molecule has 1 N–H and O–H groups in total. The highest BCUT2D eigenvalue weighted by Crippen LogP contribution is 2.48. The largest absolute Gasteiger partial charge is 0.322 e. The van der Waals surface area contributed by atoms with Crippen LogP contribution in [0.5, 0.6) is 0 Å². The molecule has 5 heteroatoms. The first-order chi connectivity index (χ1) is 17.2. The van der Waals surface area contributed by atoms with E-state index < -0.39 is 0 Å². The maximum atomic E-state index is 13.7. The standard InChI is InChI=1S/C31H47N3O2/c1-8-11-22-33(29(35)32-27-20-16-13-17-21-27)28-23-30(6,9-2)34(31(7,10-3)24(28)4)36-25(5)26-18-14-12-15-19-26/h12-21,24-25,28H,8-11,22-23H2,1-7H3,(H,32,35). The van der Waals surface area contributed by atoms with E-state index in [0.717, 1.165) is 44.3 Å². The zero-order chi connectivity index (χ0) is 26.3. The molecule has 3 rings (SSSR count). The summed E-state index contributed by atoms with van der Waals surface area (Å²) in [7, 11) is 0. The molecule has 0 saturated carbocycles. The Hall–Kier alpha value is -2.37. The summed E-state index contributed by atoms with van der Waals surface area (Å²) >= 11 is 0. The molecule has 1 saturated heterocycles. The van der Waals surface area contributed by atoms with Gasteiger partial charge in [0.05, 0.1) is 0 Å². The van der Waals surface area contributed by atoms with E-state index >= 15 is 0 Å². The maximum absolute atomic E-state index is 13.7. The van der Waals surface area contributed by atoms with Crippen LogP contribution in [0, 0.1) is 5.92 Å². The molecular formula is C31H47N3O2. The molecule has 2 amide bonds. The lowest BCUT2D eigenvalue weighted by Gasteiger charge is -2.61. The second kappa shape index (κ2) is 12.2. The number of piperidine rings is 1. The van der Waals surface area contributed by atoms with Gasteiger partial charge in [-0.3, -0.25) is 4.84 Å². The fraction of sp³-hybridized carbons (Fsp3) is 0.581. The molecule has 2 aromatic carbocycles. The number of hydroxylamine groups is 2. The number of hydrogen-bond acceptors (Lipinski definition) is 3. The molecule has 0 radical (unpaired) electrons. The minimum atomic E-state index is -0.228. The molecular weight excluding hydrogens is 446 g/mol. The number of nitrogens with one attached hydrogen (secondary N) is 1. The van der Waals surface area contributed by atoms with Crippen molar-refractivity contribution in [2.24, 2.45) is 5.92 Å². The van der Waals surface area contributed by atoms with Crippen LogP contribution in [0.25, 0.3) is 0 Å². The number of anilines is 1. The van der Waals surface area contributed by atoms with Gasteiger partial charge in [0.1, 0.15) is 6.10 Å². The Balaban J connectivity index is 1.93. The van der Waals surface area contributed by atoms with Gasteiger partial charge >= 0.3 is 6.03 Å². The van der Waals surface area contributed by atoms with Gasteiger partial charge in [-0.2, -0.15) is 5.06 Å². The molecule has 0 spiro atoms. The minimum Gasteiger partial charge on any atom is -0.321 e. The third-order valence-corrected chi connectivity index (χ3v) is 8.61. The summed E-state index contributed by atoms with van der Waals surface area (Å²) in [6, 6.07) is 20.3. The predicted molar refractivity (Wildman–Crippen MR) is 150 cm³/mol. The summed E-state index contributed by atoms with van der Waals surface area (Å²) in [5, 5.41) is 5.48. The van der Waals surface area contributed by atoms with E-state index in [1.54, 1.807) is 0 Å². The van der Waals surface area contributed by atoms with Crippen LogP contribution in [0.1, 0.15) is 92.2 Å². The Morgan fingerprint density at radius 3 is 2.22 bits per heavy atom. The van der Waals surface area contributed by atoms with Crippen molar-refractivity contribution in [3.05, 3.63) is 66.2 Å². The fourth-order valence-corrected chi connectivity index (χ4v) is 5.71. The van der Waals surface area contributed by atoms with Crippen molar-refractivity contribution in [2.75, 3.05) is 11.9 Å². The lowest BCUT2D eigenvalue weighted by molar-refractivity contribution is -0.330. The molecule has 2 aromatic rings. The lowest BCUT2D eigenvalue weighted by atomic mass is 9.68. The second-order valence-corrected chi connectivity index (χ2v) is 10.9. The van der Waals surface area contributed by atoms with Gasteiger partial charge in [0.25, 0.3) is 0 Å². The number of unbranched alkanes of at least 4 members (excludes halogenated alkanes) is 1. The number of carbonyl (C=O) groups excluding carboxylic acids is 1. The summed E-state index contributed by atoms with van der Waals surface area (Å²) in [4.78, 5) is 22.6. The van der Waals surface area contributed by atoms with Crippen LogP contribution < -0.4 is 5.32 Å². The number of hydrogen-bond donors (Lipinski definition) is 1. The highest BCUT2D eigenvalue weighted by atomic mass is 16.7. The topological polar surface area (TPSA) is 44.8 Å². The smallest absolute Gasteiger partial charge is 0.321 e. The highest BCUT2D eigenvalue weighted by molar-refractivity contribution is 5.89. The molecule has 5 atom stereocenters. The van der Waals surface area contributed by atoms with Crippen molar-refractivity contribution < 1.29 is 9.63 Å². The number of rotatable bonds is 10. The molecule has 1 aliphatic heterocycles. The number of benzene rings is 2. The minimum absolute atomic E-state index is 0.00423. The summed E-state index contributed by atoms with van der Waals surface area (Å²) < 4.78 is 0. The van der Waals surface area contributed by atoms with E-state index in [-0.39, 0.29) is 35.2 Å². The van der Waals surface area contributed by atoms with E-state index in [0.29, 0.717) is 0 Å². The molecule has 36 heavy (non-hydrogen) atoms. The summed E-state index contributed by atoms with van der Waals surface area (Å²) in [6.07, 6.45) is 4.73. The van der Waals surface area contributed by atoms with Crippen LogP contribution in [0.3, 0.4) is 0 Å². The van der Waals surface area contributed by atoms with Crippen molar-refractivity contribution in [3.8, 4) is 0 Å². The van der Waals surface area contributed by atoms with Crippen molar-refractivity contribution in [3.63, 3.8) is 0 Å². The molecule has 1 aliphatic rings. The number of urea groups is 1. The van der Waals surface area contributed by atoms with Crippen molar-refractivity contribution >= 4 is 11.7 Å². The van der Waals surface area contributed by atoms with Gasteiger partial charge < -0.3 is 10.2 Å². The summed E-state index contributed by atoms with van der Waals surface area (Å²) in [5.41, 5.74) is 1.58. The first-order valence-corrected chi connectivity index (χ1v) is 13.8. The molecule has 5 unspecified atom stereocenters. The molecule has 1 fully saturated rings. The number of para-hydroxylation sites is 1. The van der Waals surface area contributed by atoms with E-state index in [1.165, 1.54) is 5.56 Å². The Morgan fingerprint density at radius 2 is 1.67 bits per heavy atom. The van der Waals surface area contributed by atoms with Gasteiger partial charge in [-0.15, -0.1) is 0 Å². The van der Waals surface area contributed by atoms with Gasteiger partial charge in [-0.25, -0.2) is 4.79 Å². The van der Waals surface area contributed by atoms with Gasteiger partial charge in [0.15, 0.2) is 0 Å². The van der Waals surface area contributed by atoms with Crippen LogP contribution in [0.2, 0.25) is 0 Å². The van der Waals surface area contributed by atoms with Crippen LogP contribution in [-0.2, 0) is 4.84 Å². The van der Waals surface area contributed by atoms with Crippen LogP contribution in [-0.4, -0.2) is 39.7 Å². The Labute approximate surface area is 219 Å². The van der Waals surface area contributed by atoms with Gasteiger partial charge in [-0.05, 0) is 70.1 Å². The van der Waals surface area contributed by atoms with E-state index in [2.05, 4.69) is 88.0 Å². The Kier molecular flexibility index (Phi) is 9.59. The first-order valence-electron chi connectivity index (χ1n) is 13.8. The SMILES string of the molecule is CCCCN(C(=O)Nc1ccccc1)C1CC(C)(CC)N(OC(C)c2ccccc2)C(C)(CC)C1C. The zero-order valence-electron chi connectivity index (χ0n) is 23.5. The molecule has 0 aliphatic carbocycles. The molecule has 0 bridgehead atoms. The maximum Gasteiger partial charge on any atom is 0.322 e. The molecule has 0 aromatic heterocycles. The number of nitrogens with zero attached hydrogens (tertiary/aromatic N) is 2. The monoisotopic (exact) mass is 493 g/mol. The summed E-state index contributed by atoms with van der Waals surface area (Å²) in [6.45, 7) is 16.5. The summed E-state index contributed by atoms with van der Waals surface area (Å²) in [5.74, 6) is 0.225. The normalized spacial score (nSPS) is 27.4. The van der Waals surface area contributed by atoms with Crippen LogP contribution in [0.4, 0.5) is 10.5 Å². The van der Waals surface area contributed by atoms with E-state index in [4.69, 9.17) is 4.84 Å². The van der Waals surface area contributed by atoms with Crippen molar-refractivity contribution in [1.29, 1.82) is 0 Å². The van der Waals surface area contributed by atoms with E-state index in [1.807, 2.05) is 36.4 Å². The number of carbonyl (C=O) groups is 1. The Morgan fingerprint density at radius 1 is 1.06 bits per heavy atom. The molecule has 1 heterocycles. The third-order valence-electron chi connectivity index (χ3n) is 8.61. The van der Waals surface area contributed by atoms with Gasteiger partial charge in [0.2, 0.25) is 0 Å².